The quantitative estimate of drug-likeness (QED) is 0.313. The minimum Gasteiger partial charge on any atom is -0.335 e. The lowest BCUT2D eigenvalue weighted by molar-refractivity contribution is -0.139. The van der Waals surface area contributed by atoms with E-state index >= 15 is 0 Å². The number of fused-ring (bicyclic) bond motifs is 1. The Morgan fingerprint density at radius 3 is 2.34 bits per heavy atom. The molecule has 8 heteroatoms. The van der Waals surface area contributed by atoms with E-state index in [-0.39, 0.29) is 24.5 Å². The first-order valence-electron chi connectivity index (χ1n) is 13.8. The summed E-state index contributed by atoms with van der Waals surface area (Å²) < 4.78 is 40.8. The van der Waals surface area contributed by atoms with E-state index in [0.29, 0.717) is 36.9 Å². The number of piperazine rings is 1. The van der Waals surface area contributed by atoms with Crippen LogP contribution in [0.15, 0.2) is 80.4 Å². The van der Waals surface area contributed by atoms with Gasteiger partial charge in [-0.15, -0.1) is 19.7 Å². The van der Waals surface area contributed by atoms with Crippen LogP contribution in [0.1, 0.15) is 59.2 Å². The van der Waals surface area contributed by atoms with Crippen LogP contribution in [0.4, 0.5) is 18.0 Å². The zero-order valence-electron chi connectivity index (χ0n) is 24.0. The van der Waals surface area contributed by atoms with E-state index in [2.05, 4.69) is 19.7 Å². The molecule has 4 rings (SSSR count). The molecule has 218 valence electrons. The summed E-state index contributed by atoms with van der Waals surface area (Å²) in [6, 6.07) is 9.80. The molecule has 0 N–H and O–H groups in total. The van der Waals surface area contributed by atoms with Crippen LogP contribution in [0, 0.1) is 19.3 Å². The maximum atomic E-state index is 14.3. The summed E-state index contributed by atoms with van der Waals surface area (Å²) >= 11 is 0. The fourth-order valence-electron chi connectivity index (χ4n) is 6.64. The van der Waals surface area contributed by atoms with Crippen LogP contribution in [0.25, 0.3) is 0 Å². The largest absolute Gasteiger partial charge is 0.416 e. The van der Waals surface area contributed by atoms with Gasteiger partial charge >= 0.3 is 12.2 Å². The lowest BCUT2D eigenvalue weighted by Crippen LogP contribution is -2.57. The number of hydrogen-bond acceptors (Lipinski definition) is 2. The lowest BCUT2D eigenvalue weighted by Gasteiger charge is -2.47. The molecular formula is C33H38F3N3O2. The molecule has 3 amide bonds. The predicted molar refractivity (Wildman–Crippen MR) is 155 cm³/mol. The molecule has 5 nitrogen and oxygen atoms in total. The highest BCUT2D eigenvalue weighted by Gasteiger charge is 2.56. The van der Waals surface area contributed by atoms with Crippen molar-refractivity contribution in [3.8, 4) is 0 Å². The molecule has 2 fully saturated rings. The predicted octanol–water partition coefficient (Wildman–Crippen LogP) is 7.40. The summed E-state index contributed by atoms with van der Waals surface area (Å²) in [4.78, 5) is 33.2. The number of alkyl halides is 3. The Hall–Kier alpha value is -3.81. The maximum absolute atomic E-state index is 14.3. The molecule has 2 heterocycles. The topological polar surface area (TPSA) is 43.9 Å². The molecule has 2 aromatic carbocycles. The maximum Gasteiger partial charge on any atom is 0.416 e. The third kappa shape index (κ3) is 5.56. The first kappa shape index (κ1) is 30.2. The number of carbonyl (C=O) groups is 2. The van der Waals surface area contributed by atoms with Crippen molar-refractivity contribution < 1.29 is 22.8 Å². The number of urea groups is 1. The van der Waals surface area contributed by atoms with Crippen LogP contribution < -0.4 is 0 Å². The number of benzene rings is 2. The molecule has 0 aromatic heterocycles. The molecule has 0 spiro atoms. The van der Waals surface area contributed by atoms with Crippen molar-refractivity contribution >= 4 is 11.9 Å². The fourth-order valence-corrected chi connectivity index (χ4v) is 6.64. The Balaban J connectivity index is 1.75. The van der Waals surface area contributed by atoms with Crippen molar-refractivity contribution in [3.05, 3.63) is 108 Å². The Morgan fingerprint density at radius 1 is 1.10 bits per heavy atom. The summed E-state index contributed by atoms with van der Waals surface area (Å²) in [5.74, 6) is 0.0461. The molecule has 0 bridgehead atoms. The normalized spacial score (nSPS) is 20.8. The van der Waals surface area contributed by atoms with Gasteiger partial charge in [-0.05, 0) is 61.9 Å². The van der Waals surface area contributed by atoms with Gasteiger partial charge in [-0.25, -0.2) is 4.79 Å². The molecule has 2 aliphatic heterocycles. The lowest BCUT2D eigenvalue weighted by atomic mass is 9.76. The molecule has 0 saturated carbocycles. The fraction of sp³-hybridized carbons (Fsp3) is 0.394. The SMILES string of the molecule is C=CCC1(CC=C)CC2C(c3ccccc3C)N(C(=O)N(C)C(C=C)c3cc(C)cc(C(F)(F)F)c3)CCN2C1=O. The second-order valence-corrected chi connectivity index (χ2v) is 11.2. The minimum absolute atomic E-state index is 0.0461. The van der Waals surface area contributed by atoms with Crippen molar-refractivity contribution in [2.24, 2.45) is 5.41 Å². The van der Waals surface area contributed by atoms with Crippen LogP contribution in [0.3, 0.4) is 0 Å². The molecule has 2 saturated heterocycles. The highest BCUT2D eigenvalue weighted by atomic mass is 19.4. The Bertz CT molecular complexity index is 1340. The number of hydrogen-bond donors (Lipinski definition) is 0. The molecule has 3 atom stereocenters. The van der Waals surface area contributed by atoms with Gasteiger partial charge in [0.2, 0.25) is 5.91 Å². The van der Waals surface area contributed by atoms with Gasteiger partial charge in [0, 0.05) is 20.1 Å². The minimum atomic E-state index is -4.51. The van der Waals surface area contributed by atoms with Gasteiger partial charge in [0.1, 0.15) is 0 Å². The third-order valence-electron chi connectivity index (χ3n) is 8.53. The summed E-state index contributed by atoms with van der Waals surface area (Å²) in [7, 11) is 1.59. The van der Waals surface area contributed by atoms with Crippen LogP contribution in [0.2, 0.25) is 0 Å². The van der Waals surface area contributed by atoms with Crippen LogP contribution in [-0.2, 0) is 11.0 Å². The number of allylic oxidation sites excluding steroid dienone is 2. The van der Waals surface area contributed by atoms with Gasteiger partial charge in [0.25, 0.3) is 0 Å². The van der Waals surface area contributed by atoms with Crippen molar-refractivity contribution in [2.75, 3.05) is 20.1 Å². The van der Waals surface area contributed by atoms with Crippen LogP contribution in [0.5, 0.6) is 0 Å². The summed E-state index contributed by atoms with van der Waals surface area (Å²) in [5.41, 5.74) is 1.28. The number of rotatable bonds is 8. The average molecular weight is 566 g/mol. The zero-order valence-corrected chi connectivity index (χ0v) is 24.0. The van der Waals surface area contributed by atoms with Gasteiger partial charge in [-0.3, -0.25) is 4.79 Å². The van der Waals surface area contributed by atoms with E-state index in [9.17, 15) is 22.8 Å². The second-order valence-electron chi connectivity index (χ2n) is 11.2. The number of nitrogens with zero attached hydrogens (tertiary/aromatic N) is 3. The van der Waals surface area contributed by atoms with Crippen molar-refractivity contribution in [1.82, 2.24) is 14.7 Å². The zero-order chi connectivity index (χ0) is 30.1. The van der Waals surface area contributed by atoms with Gasteiger partial charge in [0.05, 0.1) is 29.1 Å². The number of likely N-dealkylation sites (N-methyl/N-ethyl adjacent to an activating group) is 1. The highest BCUT2D eigenvalue weighted by Crippen LogP contribution is 2.50. The van der Waals surface area contributed by atoms with E-state index in [4.69, 9.17) is 0 Å². The van der Waals surface area contributed by atoms with Crippen LogP contribution >= 0.6 is 0 Å². The standard InChI is InChI=1S/C33H38F3N3O2/c1-7-14-32(15-8-2)21-28-29(26-13-11-10-12-23(26)5)39(17-16-38(28)30(32)40)31(41)37(6)27(9-3)24-18-22(4)19-25(20-24)33(34,35)36/h7-13,18-20,27-29H,1-3,14-17,21H2,4-6H3. The first-order valence-corrected chi connectivity index (χ1v) is 13.8. The van der Waals surface area contributed by atoms with E-state index in [1.165, 1.54) is 11.0 Å². The van der Waals surface area contributed by atoms with Crippen molar-refractivity contribution in [3.63, 3.8) is 0 Å². The molecule has 3 unspecified atom stereocenters. The van der Waals surface area contributed by atoms with E-state index in [0.717, 1.165) is 23.3 Å². The molecule has 41 heavy (non-hydrogen) atoms. The molecule has 2 aliphatic rings. The number of aryl methyl sites for hydroxylation is 2. The summed E-state index contributed by atoms with van der Waals surface area (Å²) in [6.07, 6.45) is 2.06. The second kappa shape index (κ2) is 11.6. The van der Waals surface area contributed by atoms with E-state index < -0.39 is 29.2 Å². The monoisotopic (exact) mass is 565 g/mol. The van der Waals surface area contributed by atoms with Crippen molar-refractivity contribution in [2.45, 2.75) is 57.4 Å². The number of halogens is 3. The van der Waals surface area contributed by atoms with Crippen LogP contribution in [-0.4, -0.2) is 52.8 Å². The average Bonchev–Trinajstić information content (AvgIpc) is 3.19. The van der Waals surface area contributed by atoms with Gasteiger partial charge < -0.3 is 14.7 Å². The first-order chi connectivity index (χ1) is 19.4. The molecule has 0 aliphatic carbocycles. The number of carbonyl (C=O) groups excluding carboxylic acids is 2. The Labute approximate surface area is 240 Å². The number of amides is 3. The van der Waals surface area contributed by atoms with E-state index in [1.807, 2.05) is 36.1 Å². The third-order valence-corrected chi connectivity index (χ3v) is 8.53. The molecule has 0 radical (unpaired) electrons. The molecule has 2 aromatic rings. The Kier molecular flexibility index (Phi) is 8.52. The summed E-state index contributed by atoms with van der Waals surface area (Å²) in [5, 5.41) is 0. The van der Waals surface area contributed by atoms with Gasteiger partial charge in [0.15, 0.2) is 0 Å². The Morgan fingerprint density at radius 2 is 1.76 bits per heavy atom. The molecular weight excluding hydrogens is 527 g/mol. The van der Waals surface area contributed by atoms with Gasteiger partial charge in [-0.2, -0.15) is 13.2 Å². The summed E-state index contributed by atoms with van der Waals surface area (Å²) in [6.45, 7) is 15.9. The van der Waals surface area contributed by atoms with Gasteiger partial charge in [-0.1, -0.05) is 54.1 Å². The smallest absolute Gasteiger partial charge is 0.335 e. The van der Waals surface area contributed by atoms with E-state index in [1.54, 1.807) is 37.1 Å². The van der Waals surface area contributed by atoms with Crippen molar-refractivity contribution in [1.29, 1.82) is 0 Å². The highest BCUT2D eigenvalue weighted by molar-refractivity contribution is 5.87.